The Balaban J connectivity index is 1.86. The third kappa shape index (κ3) is 3.12. The van der Waals surface area contributed by atoms with E-state index >= 15 is 0 Å². The molecule has 3 rings (SSSR count). The maximum absolute atomic E-state index is 12.3. The first-order chi connectivity index (χ1) is 11.0. The van der Waals surface area contributed by atoms with Crippen molar-refractivity contribution in [3.63, 3.8) is 0 Å². The number of carbonyl (C=O) groups is 2. The van der Waals surface area contributed by atoms with Gasteiger partial charge in [0, 0.05) is 11.3 Å². The number of fused-ring (bicyclic) bond motifs is 1. The number of aromatic nitrogens is 2. The Kier molecular flexibility index (Phi) is 4.16. The predicted octanol–water partition coefficient (Wildman–Crippen LogP) is 2.58. The Morgan fingerprint density at radius 3 is 2.65 bits per heavy atom. The van der Waals surface area contributed by atoms with Gasteiger partial charge in [0.15, 0.2) is 0 Å². The normalized spacial score (nSPS) is 13.9. The van der Waals surface area contributed by atoms with Crippen LogP contribution in [0.15, 0.2) is 0 Å². The Bertz CT molecular complexity index is 783. The van der Waals surface area contributed by atoms with Crippen LogP contribution >= 0.6 is 11.3 Å². The number of nitrogens with one attached hydrogen (secondary N) is 2. The van der Waals surface area contributed by atoms with Gasteiger partial charge in [-0.1, -0.05) is 0 Å². The molecular formula is C15H18N4O3S. The van der Waals surface area contributed by atoms with Crippen molar-refractivity contribution in [2.24, 2.45) is 0 Å². The van der Waals surface area contributed by atoms with E-state index in [-0.39, 0.29) is 12.5 Å². The van der Waals surface area contributed by atoms with Crippen LogP contribution in [0.5, 0.6) is 0 Å². The Labute approximate surface area is 137 Å². The molecule has 7 nitrogen and oxygen atoms in total. The number of rotatable bonds is 3. The molecule has 2 heterocycles. The number of amides is 2. The molecular weight excluding hydrogens is 316 g/mol. The van der Waals surface area contributed by atoms with Crippen molar-refractivity contribution in [3.8, 4) is 0 Å². The van der Waals surface area contributed by atoms with E-state index in [1.54, 1.807) is 6.92 Å². The number of hydrogen-bond donors (Lipinski definition) is 2. The molecule has 0 bridgehead atoms. The molecule has 0 unspecified atom stereocenters. The summed E-state index contributed by atoms with van der Waals surface area (Å²) in [7, 11) is 0. The number of aryl methyl sites for hydroxylation is 2. The van der Waals surface area contributed by atoms with Gasteiger partial charge in [-0.05, 0) is 39.2 Å². The van der Waals surface area contributed by atoms with Gasteiger partial charge in [0.2, 0.25) is 0 Å². The second-order valence-corrected chi connectivity index (χ2v) is 6.48. The third-order valence-electron chi connectivity index (χ3n) is 3.69. The molecule has 2 aromatic heterocycles. The molecule has 0 saturated heterocycles. The van der Waals surface area contributed by atoms with E-state index in [9.17, 15) is 9.59 Å². The average molecular weight is 334 g/mol. The molecule has 2 amide bonds. The largest absolute Gasteiger partial charge is 0.449 e. The summed E-state index contributed by atoms with van der Waals surface area (Å²) >= 11 is 1.32. The highest BCUT2D eigenvalue weighted by molar-refractivity contribution is 7.20. The van der Waals surface area contributed by atoms with Gasteiger partial charge in [-0.25, -0.2) is 20.2 Å². The van der Waals surface area contributed by atoms with Crippen molar-refractivity contribution in [1.29, 1.82) is 0 Å². The van der Waals surface area contributed by atoms with Crippen molar-refractivity contribution < 1.29 is 14.3 Å². The van der Waals surface area contributed by atoms with Crippen LogP contribution in [-0.4, -0.2) is 28.6 Å². The topological polar surface area (TPSA) is 93.2 Å². The van der Waals surface area contributed by atoms with Crippen LogP contribution in [0, 0.1) is 13.8 Å². The molecule has 8 heteroatoms. The molecule has 0 radical (unpaired) electrons. The van der Waals surface area contributed by atoms with E-state index < -0.39 is 6.09 Å². The molecule has 0 aromatic carbocycles. The number of ether oxygens (including phenoxy) is 1. The second-order valence-electron chi connectivity index (χ2n) is 5.48. The summed E-state index contributed by atoms with van der Waals surface area (Å²) in [6, 6.07) is 0. The Morgan fingerprint density at radius 2 is 2.00 bits per heavy atom. The average Bonchev–Trinajstić information content (AvgIpc) is 3.29. The molecule has 0 atom stereocenters. The molecule has 2 aromatic rings. The van der Waals surface area contributed by atoms with E-state index in [2.05, 4.69) is 20.8 Å². The highest BCUT2D eigenvalue weighted by atomic mass is 32.1. The minimum atomic E-state index is -0.688. The highest BCUT2D eigenvalue weighted by Crippen LogP contribution is 2.40. The first kappa shape index (κ1) is 15.7. The molecule has 122 valence electrons. The third-order valence-corrected chi connectivity index (χ3v) is 4.88. The van der Waals surface area contributed by atoms with Gasteiger partial charge >= 0.3 is 6.09 Å². The van der Waals surface area contributed by atoms with Gasteiger partial charge in [-0.2, -0.15) is 0 Å². The molecule has 1 saturated carbocycles. The van der Waals surface area contributed by atoms with Gasteiger partial charge in [-0.3, -0.25) is 10.2 Å². The molecule has 1 fully saturated rings. The first-order valence-corrected chi connectivity index (χ1v) is 8.33. The minimum absolute atomic E-state index is 0.238. The predicted molar refractivity (Wildman–Crippen MR) is 86.5 cm³/mol. The minimum Gasteiger partial charge on any atom is -0.449 e. The van der Waals surface area contributed by atoms with Crippen molar-refractivity contribution in [3.05, 3.63) is 22.0 Å². The summed E-state index contributed by atoms with van der Waals surface area (Å²) in [5.41, 5.74) is 6.29. The first-order valence-electron chi connectivity index (χ1n) is 7.52. The lowest BCUT2D eigenvalue weighted by Crippen LogP contribution is -2.41. The summed E-state index contributed by atoms with van der Waals surface area (Å²) in [4.78, 5) is 34.0. The zero-order valence-corrected chi connectivity index (χ0v) is 14.0. The Hall–Kier alpha value is -2.22. The van der Waals surface area contributed by atoms with Gasteiger partial charge in [0.1, 0.15) is 10.7 Å². The summed E-state index contributed by atoms with van der Waals surface area (Å²) in [6.45, 7) is 5.73. The fourth-order valence-electron chi connectivity index (χ4n) is 2.43. The number of hydrogen-bond acceptors (Lipinski definition) is 6. The zero-order chi connectivity index (χ0) is 16.6. The summed E-state index contributed by atoms with van der Waals surface area (Å²) in [6.07, 6.45) is 1.57. The van der Waals surface area contributed by atoms with Gasteiger partial charge in [0.05, 0.1) is 17.2 Å². The molecule has 2 N–H and O–H groups in total. The molecule has 0 spiro atoms. The number of nitrogens with zero attached hydrogens (tertiary/aromatic N) is 2. The van der Waals surface area contributed by atoms with Crippen LogP contribution in [0.1, 0.15) is 52.4 Å². The quantitative estimate of drug-likeness (QED) is 0.842. The lowest BCUT2D eigenvalue weighted by atomic mass is 10.1. The lowest BCUT2D eigenvalue weighted by Gasteiger charge is -2.06. The SMILES string of the molecule is CCOC(=O)NNC(=O)c1sc2nc(C3CC3)nc(C)c2c1C. The van der Waals surface area contributed by atoms with Crippen LogP contribution < -0.4 is 10.9 Å². The second kappa shape index (κ2) is 6.11. The van der Waals surface area contributed by atoms with Crippen LogP contribution in [0.25, 0.3) is 10.2 Å². The van der Waals surface area contributed by atoms with Crippen LogP contribution in [-0.2, 0) is 4.74 Å². The van der Waals surface area contributed by atoms with Crippen molar-refractivity contribution in [1.82, 2.24) is 20.8 Å². The smallest absolute Gasteiger partial charge is 0.426 e. The van der Waals surface area contributed by atoms with Gasteiger partial charge in [-0.15, -0.1) is 11.3 Å². The molecule has 1 aliphatic rings. The summed E-state index contributed by atoms with van der Waals surface area (Å²) < 4.78 is 4.70. The van der Waals surface area contributed by atoms with Gasteiger partial charge < -0.3 is 4.74 Å². The number of hydrazine groups is 1. The molecule has 0 aliphatic heterocycles. The molecule has 23 heavy (non-hydrogen) atoms. The maximum Gasteiger partial charge on any atom is 0.426 e. The van der Waals surface area contributed by atoms with E-state index in [1.807, 2.05) is 13.8 Å². The zero-order valence-electron chi connectivity index (χ0n) is 13.2. The maximum atomic E-state index is 12.3. The van der Waals surface area contributed by atoms with Crippen molar-refractivity contribution in [2.75, 3.05) is 6.61 Å². The van der Waals surface area contributed by atoms with Crippen LogP contribution in [0.2, 0.25) is 0 Å². The van der Waals surface area contributed by atoms with Crippen molar-refractivity contribution in [2.45, 2.75) is 39.5 Å². The fourth-order valence-corrected chi connectivity index (χ4v) is 3.57. The van der Waals surface area contributed by atoms with Crippen molar-refractivity contribution >= 4 is 33.6 Å². The highest BCUT2D eigenvalue weighted by Gasteiger charge is 2.28. The van der Waals surface area contributed by atoms with E-state index in [0.29, 0.717) is 10.8 Å². The molecule has 1 aliphatic carbocycles. The fraction of sp³-hybridized carbons (Fsp3) is 0.467. The van der Waals surface area contributed by atoms with E-state index in [4.69, 9.17) is 4.74 Å². The Morgan fingerprint density at radius 1 is 1.26 bits per heavy atom. The monoisotopic (exact) mass is 334 g/mol. The number of thiophene rings is 1. The lowest BCUT2D eigenvalue weighted by molar-refractivity contribution is 0.0916. The van der Waals surface area contributed by atoms with Gasteiger partial charge in [0.25, 0.3) is 5.91 Å². The number of carbonyl (C=O) groups excluding carboxylic acids is 2. The van der Waals surface area contributed by atoms with E-state index in [0.717, 1.165) is 40.1 Å². The van der Waals surface area contributed by atoms with E-state index in [1.165, 1.54) is 11.3 Å². The summed E-state index contributed by atoms with van der Waals surface area (Å²) in [5, 5.41) is 0.917. The van der Waals surface area contributed by atoms with Crippen LogP contribution in [0.4, 0.5) is 4.79 Å². The van der Waals surface area contributed by atoms with Crippen LogP contribution in [0.3, 0.4) is 0 Å². The summed E-state index contributed by atoms with van der Waals surface area (Å²) in [5.74, 6) is 0.946. The standard InChI is InChI=1S/C15H18N4O3S/c1-4-22-15(21)19-18-13(20)11-7(2)10-8(3)16-12(9-5-6-9)17-14(10)23-11/h9H,4-6H2,1-3H3,(H,18,20)(H,19,21).